The van der Waals surface area contributed by atoms with Gasteiger partial charge in [0.15, 0.2) is 16.7 Å². The number of hydrogen-bond donors (Lipinski definition) is 1. The van der Waals surface area contributed by atoms with Crippen molar-refractivity contribution in [1.29, 1.82) is 0 Å². The quantitative estimate of drug-likeness (QED) is 0.777. The number of thioether (sulfide) groups is 1. The molecule has 28 heavy (non-hydrogen) atoms. The van der Waals surface area contributed by atoms with Gasteiger partial charge in [-0.05, 0) is 35.4 Å². The fraction of sp³-hybridized carbons (Fsp3) is 0.158. The van der Waals surface area contributed by atoms with E-state index >= 15 is 0 Å². The number of carbonyl (C=O) groups excluding carboxylic acids is 1. The molecule has 5 nitrogen and oxygen atoms in total. The number of amides is 1. The molecule has 0 aliphatic carbocycles. The predicted molar refractivity (Wildman–Crippen MR) is 98.9 cm³/mol. The molecule has 0 fully saturated rings. The van der Waals surface area contributed by atoms with Crippen molar-refractivity contribution >= 4 is 28.9 Å². The summed E-state index contributed by atoms with van der Waals surface area (Å²) in [6.45, 7) is 0.157. The summed E-state index contributed by atoms with van der Waals surface area (Å²) in [4.78, 5) is 16.3. The zero-order chi connectivity index (χ0) is 19.7. The lowest BCUT2D eigenvalue weighted by Crippen LogP contribution is -2.21. The maximum absolute atomic E-state index is 12.8. The van der Waals surface area contributed by atoms with Crippen molar-refractivity contribution in [3.8, 4) is 11.5 Å². The van der Waals surface area contributed by atoms with Gasteiger partial charge in [0.1, 0.15) is 5.70 Å². The number of ether oxygens (including phenoxy) is 2. The molecule has 2 aliphatic heterocycles. The van der Waals surface area contributed by atoms with Crippen LogP contribution in [-0.4, -0.2) is 17.9 Å². The molecule has 0 saturated heterocycles. The lowest BCUT2D eigenvalue weighted by molar-refractivity contribution is -0.137. The van der Waals surface area contributed by atoms with Gasteiger partial charge in [-0.15, -0.1) is 0 Å². The second-order valence-corrected chi connectivity index (χ2v) is 6.96. The number of alkyl halides is 3. The van der Waals surface area contributed by atoms with Crippen molar-refractivity contribution in [3.63, 3.8) is 0 Å². The van der Waals surface area contributed by atoms with E-state index in [0.29, 0.717) is 22.2 Å². The van der Waals surface area contributed by atoms with Crippen LogP contribution in [-0.2, 0) is 16.7 Å². The SMILES string of the molecule is O=C1NC(SCc2cccc(C(F)(F)F)c2)=N/C1=C/c1ccc2c(c1)OCO2. The Balaban J connectivity index is 1.46. The average molecular weight is 406 g/mol. The first kappa shape index (κ1) is 18.4. The first-order chi connectivity index (χ1) is 13.4. The normalized spacial score (nSPS) is 17.0. The molecule has 0 unspecified atom stereocenters. The van der Waals surface area contributed by atoms with Crippen LogP contribution in [0.15, 0.2) is 53.2 Å². The standard InChI is InChI=1S/C19H13F3N2O3S/c20-19(21,22)13-3-1-2-12(6-13)9-28-18-23-14(17(25)24-18)7-11-4-5-15-16(8-11)27-10-26-15/h1-8H,9-10H2,(H,23,24,25)/b14-7+. The van der Waals surface area contributed by atoms with Crippen LogP contribution in [0.1, 0.15) is 16.7 Å². The highest BCUT2D eigenvalue weighted by atomic mass is 32.2. The predicted octanol–water partition coefficient (Wildman–Crippen LogP) is 4.19. The Bertz CT molecular complexity index is 1000. The van der Waals surface area contributed by atoms with Gasteiger partial charge in [0.2, 0.25) is 6.79 Å². The van der Waals surface area contributed by atoms with Crippen LogP contribution in [0, 0.1) is 0 Å². The number of halogens is 3. The van der Waals surface area contributed by atoms with E-state index < -0.39 is 11.7 Å². The Hall–Kier alpha value is -2.94. The summed E-state index contributed by atoms with van der Waals surface area (Å²) in [5, 5.41) is 2.96. The van der Waals surface area contributed by atoms with Crippen molar-refractivity contribution in [2.24, 2.45) is 4.99 Å². The summed E-state index contributed by atoms with van der Waals surface area (Å²) in [5.74, 6) is 1.11. The zero-order valence-electron chi connectivity index (χ0n) is 14.2. The molecule has 2 aromatic rings. The van der Waals surface area contributed by atoms with Crippen LogP contribution >= 0.6 is 11.8 Å². The van der Waals surface area contributed by atoms with E-state index in [9.17, 15) is 18.0 Å². The van der Waals surface area contributed by atoms with Crippen molar-refractivity contribution in [2.45, 2.75) is 11.9 Å². The summed E-state index contributed by atoms with van der Waals surface area (Å²) in [7, 11) is 0. The number of fused-ring (bicyclic) bond motifs is 1. The van der Waals surface area contributed by atoms with Gasteiger partial charge in [0, 0.05) is 5.75 Å². The first-order valence-corrected chi connectivity index (χ1v) is 9.17. The third-order valence-corrected chi connectivity index (χ3v) is 4.95. The molecule has 2 aliphatic rings. The van der Waals surface area contributed by atoms with Gasteiger partial charge in [-0.1, -0.05) is 36.0 Å². The fourth-order valence-electron chi connectivity index (χ4n) is 2.67. The largest absolute Gasteiger partial charge is 0.454 e. The number of carbonyl (C=O) groups is 1. The molecular weight excluding hydrogens is 393 g/mol. The molecule has 2 heterocycles. The molecule has 1 amide bonds. The number of nitrogens with one attached hydrogen (secondary N) is 1. The molecule has 144 valence electrons. The number of aliphatic imine (C=N–C) groups is 1. The molecule has 1 N–H and O–H groups in total. The van der Waals surface area contributed by atoms with E-state index in [2.05, 4.69) is 10.3 Å². The van der Waals surface area contributed by atoms with Gasteiger partial charge in [0.05, 0.1) is 5.56 Å². The molecule has 9 heteroatoms. The highest BCUT2D eigenvalue weighted by molar-refractivity contribution is 8.13. The van der Waals surface area contributed by atoms with Crippen molar-refractivity contribution < 1.29 is 27.4 Å². The number of hydrogen-bond acceptors (Lipinski definition) is 5. The van der Waals surface area contributed by atoms with Gasteiger partial charge >= 0.3 is 6.18 Å². The number of rotatable bonds is 3. The van der Waals surface area contributed by atoms with Gasteiger partial charge < -0.3 is 9.47 Å². The second-order valence-electron chi connectivity index (χ2n) is 6.00. The molecule has 0 atom stereocenters. The molecule has 0 aromatic heterocycles. The highest BCUT2D eigenvalue weighted by Crippen LogP contribution is 2.33. The van der Waals surface area contributed by atoms with Gasteiger partial charge in [-0.2, -0.15) is 13.2 Å². The minimum absolute atomic E-state index is 0.157. The Morgan fingerprint density at radius 1 is 1.14 bits per heavy atom. The Kier molecular flexibility index (Phi) is 4.76. The molecule has 0 spiro atoms. The molecule has 0 bridgehead atoms. The molecule has 4 rings (SSSR count). The number of amidine groups is 1. The van der Waals surface area contributed by atoms with Crippen LogP contribution in [0.5, 0.6) is 11.5 Å². The summed E-state index contributed by atoms with van der Waals surface area (Å²) < 4.78 is 48.9. The van der Waals surface area contributed by atoms with Crippen molar-refractivity contribution in [3.05, 3.63) is 64.9 Å². The molecule has 0 saturated carbocycles. The topological polar surface area (TPSA) is 59.9 Å². The number of benzene rings is 2. The van der Waals surface area contributed by atoms with E-state index in [1.54, 1.807) is 30.3 Å². The van der Waals surface area contributed by atoms with Gasteiger partial charge in [-0.25, -0.2) is 4.99 Å². The summed E-state index contributed by atoms with van der Waals surface area (Å²) in [6.07, 6.45) is -2.78. The summed E-state index contributed by atoms with van der Waals surface area (Å²) >= 11 is 1.16. The van der Waals surface area contributed by atoms with Crippen LogP contribution in [0.25, 0.3) is 6.08 Å². The Morgan fingerprint density at radius 3 is 2.79 bits per heavy atom. The fourth-order valence-corrected chi connectivity index (χ4v) is 3.48. The minimum Gasteiger partial charge on any atom is -0.454 e. The maximum atomic E-state index is 12.8. The molecular formula is C19H13F3N2O3S. The van der Waals surface area contributed by atoms with Gasteiger partial charge in [0.25, 0.3) is 5.91 Å². The van der Waals surface area contributed by atoms with Crippen molar-refractivity contribution in [1.82, 2.24) is 5.32 Å². The maximum Gasteiger partial charge on any atom is 0.416 e. The lowest BCUT2D eigenvalue weighted by atomic mass is 10.1. The third-order valence-electron chi connectivity index (χ3n) is 4.00. The van der Waals surface area contributed by atoms with Crippen molar-refractivity contribution in [2.75, 3.05) is 6.79 Å². The van der Waals surface area contributed by atoms with E-state index in [1.165, 1.54) is 6.07 Å². The third kappa shape index (κ3) is 3.99. The van der Waals surface area contributed by atoms with Gasteiger partial charge in [-0.3, -0.25) is 10.1 Å². The van der Waals surface area contributed by atoms with Crippen LogP contribution in [0.4, 0.5) is 13.2 Å². The summed E-state index contributed by atoms with van der Waals surface area (Å²) in [5.41, 5.74) is 0.726. The first-order valence-electron chi connectivity index (χ1n) is 8.19. The minimum atomic E-state index is -4.39. The molecule has 0 radical (unpaired) electrons. The second kappa shape index (κ2) is 7.23. The van der Waals surface area contributed by atoms with Crippen LogP contribution in [0.2, 0.25) is 0 Å². The summed E-state index contributed by atoms with van der Waals surface area (Å²) in [6, 6.07) is 10.3. The average Bonchev–Trinajstić information content (AvgIpc) is 3.26. The lowest BCUT2D eigenvalue weighted by Gasteiger charge is -2.08. The van der Waals surface area contributed by atoms with Crippen LogP contribution in [0.3, 0.4) is 0 Å². The molecule has 2 aromatic carbocycles. The monoisotopic (exact) mass is 406 g/mol. The Morgan fingerprint density at radius 2 is 1.96 bits per heavy atom. The van der Waals surface area contributed by atoms with E-state index in [-0.39, 0.29) is 24.2 Å². The van der Waals surface area contributed by atoms with E-state index in [1.807, 2.05) is 0 Å². The van der Waals surface area contributed by atoms with Crippen LogP contribution < -0.4 is 14.8 Å². The smallest absolute Gasteiger partial charge is 0.416 e. The number of nitrogens with zero attached hydrogens (tertiary/aromatic N) is 1. The Labute approximate surface area is 162 Å². The van der Waals surface area contributed by atoms with E-state index in [0.717, 1.165) is 29.5 Å². The zero-order valence-corrected chi connectivity index (χ0v) is 15.1. The van der Waals surface area contributed by atoms with E-state index in [4.69, 9.17) is 9.47 Å². The highest BCUT2D eigenvalue weighted by Gasteiger charge is 2.30.